The lowest BCUT2D eigenvalue weighted by Crippen LogP contribution is -2.01. The maximum Gasteiger partial charge on any atom is 0.337 e. The van der Waals surface area contributed by atoms with Gasteiger partial charge in [0, 0.05) is 0 Å². The molecule has 24 heavy (non-hydrogen) atoms. The van der Waals surface area contributed by atoms with Crippen molar-refractivity contribution in [1.82, 2.24) is 9.97 Å². The number of nitrogens with zero attached hydrogens (tertiary/aromatic N) is 3. The molecule has 3 aromatic rings. The summed E-state index contributed by atoms with van der Waals surface area (Å²) < 4.78 is 4.65. The van der Waals surface area contributed by atoms with Gasteiger partial charge < -0.3 is 4.74 Å². The Labute approximate surface area is 143 Å². The molecule has 1 N–H and O–H groups in total. The lowest BCUT2D eigenvalue weighted by Gasteiger charge is -2.04. The van der Waals surface area contributed by atoms with E-state index in [1.54, 1.807) is 30.5 Å². The molecule has 0 unspecified atom stereocenters. The van der Waals surface area contributed by atoms with E-state index in [1.807, 2.05) is 24.3 Å². The van der Waals surface area contributed by atoms with E-state index in [2.05, 4.69) is 25.2 Å². The molecule has 0 bridgehead atoms. The molecule has 0 radical (unpaired) electrons. The summed E-state index contributed by atoms with van der Waals surface area (Å²) in [4.78, 5) is 20.0. The average molecular weight is 341 g/mol. The van der Waals surface area contributed by atoms with Gasteiger partial charge in [-0.25, -0.2) is 14.8 Å². The number of fused-ring (bicyclic) bond motifs is 1. The number of rotatable bonds is 4. The van der Waals surface area contributed by atoms with Gasteiger partial charge in [0.25, 0.3) is 0 Å². The van der Waals surface area contributed by atoms with Gasteiger partial charge in [-0.2, -0.15) is 5.10 Å². The highest BCUT2D eigenvalue weighted by Gasteiger charge is 2.06. The maximum atomic E-state index is 11.4. The number of hydrazone groups is 1. The Hall–Kier alpha value is -2.99. The molecule has 0 atom stereocenters. The van der Waals surface area contributed by atoms with Gasteiger partial charge in [-0.15, -0.1) is 0 Å². The molecule has 120 valence electrons. The Bertz CT molecular complexity index is 910. The van der Waals surface area contributed by atoms with E-state index in [4.69, 9.17) is 11.6 Å². The molecule has 7 heteroatoms. The predicted molar refractivity (Wildman–Crippen MR) is 93.5 cm³/mol. The number of hydrogen-bond donors (Lipinski definition) is 1. The number of methoxy groups -OCH3 is 1. The molecule has 0 aliphatic carbocycles. The first kappa shape index (κ1) is 15.9. The zero-order chi connectivity index (χ0) is 16.9. The monoisotopic (exact) mass is 340 g/mol. The molecule has 1 aromatic heterocycles. The molecular weight excluding hydrogens is 328 g/mol. The second-order valence-corrected chi connectivity index (χ2v) is 5.19. The van der Waals surface area contributed by atoms with Gasteiger partial charge in [0.15, 0.2) is 11.0 Å². The minimum Gasteiger partial charge on any atom is -0.465 e. The van der Waals surface area contributed by atoms with E-state index in [1.165, 1.54) is 7.11 Å². The number of carbonyl (C=O) groups excluding carboxylic acids is 1. The Balaban J connectivity index is 1.74. The fourth-order valence-corrected chi connectivity index (χ4v) is 2.22. The smallest absolute Gasteiger partial charge is 0.337 e. The molecule has 0 saturated heterocycles. The maximum absolute atomic E-state index is 11.4. The van der Waals surface area contributed by atoms with Crippen molar-refractivity contribution >= 4 is 40.6 Å². The molecule has 1 heterocycles. The van der Waals surface area contributed by atoms with Crippen molar-refractivity contribution in [3.05, 3.63) is 64.8 Å². The number of benzene rings is 2. The van der Waals surface area contributed by atoms with Crippen LogP contribution in [-0.2, 0) is 4.74 Å². The first-order valence-electron chi connectivity index (χ1n) is 7.07. The number of carbonyl (C=O) groups is 1. The molecular formula is C17H13ClN4O2. The number of ether oxygens (including phenoxy) is 1. The van der Waals surface area contributed by atoms with E-state index < -0.39 is 0 Å². The van der Waals surface area contributed by atoms with Crippen LogP contribution < -0.4 is 5.43 Å². The number of esters is 1. The first-order chi connectivity index (χ1) is 11.7. The highest BCUT2D eigenvalue weighted by atomic mass is 35.5. The van der Waals surface area contributed by atoms with Gasteiger partial charge >= 0.3 is 5.97 Å². The van der Waals surface area contributed by atoms with Crippen LogP contribution in [-0.4, -0.2) is 29.3 Å². The Morgan fingerprint density at radius 3 is 2.46 bits per heavy atom. The summed E-state index contributed by atoms with van der Waals surface area (Å²) >= 11 is 6.10. The van der Waals surface area contributed by atoms with Crippen molar-refractivity contribution in [2.24, 2.45) is 5.10 Å². The topological polar surface area (TPSA) is 76.5 Å². The van der Waals surface area contributed by atoms with Crippen LogP contribution in [0.2, 0.25) is 5.15 Å². The Morgan fingerprint density at radius 1 is 1.12 bits per heavy atom. The number of nitrogens with one attached hydrogen (secondary N) is 1. The van der Waals surface area contributed by atoms with Crippen LogP contribution >= 0.6 is 11.6 Å². The summed E-state index contributed by atoms with van der Waals surface area (Å²) in [6.07, 6.45) is 1.59. The normalized spacial score (nSPS) is 10.9. The highest BCUT2D eigenvalue weighted by Crippen LogP contribution is 2.20. The van der Waals surface area contributed by atoms with Crippen molar-refractivity contribution < 1.29 is 9.53 Å². The second kappa shape index (κ2) is 7.06. The fraction of sp³-hybridized carbons (Fsp3) is 0.0588. The number of anilines is 1. The summed E-state index contributed by atoms with van der Waals surface area (Å²) in [7, 11) is 1.34. The van der Waals surface area contributed by atoms with E-state index >= 15 is 0 Å². The molecule has 0 spiro atoms. The number of halogens is 1. The summed E-state index contributed by atoms with van der Waals surface area (Å²) in [5.74, 6) is -0.00682. The third-order valence-corrected chi connectivity index (χ3v) is 3.51. The van der Waals surface area contributed by atoms with E-state index in [0.29, 0.717) is 11.4 Å². The standard InChI is InChI=1S/C17H13ClN4O2/c1-24-17(23)12-8-6-11(7-9-12)10-19-22-16-15(18)20-13-4-2-3-5-14(13)21-16/h2-10H,1H3,(H,21,22)/b19-10+. The Kier molecular flexibility index (Phi) is 4.67. The van der Waals surface area contributed by atoms with Crippen LogP contribution in [0.15, 0.2) is 53.6 Å². The van der Waals surface area contributed by atoms with E-state index in [9.17, 15) is 4.79 Å². The van der Waals surface area contributed by atoms with E-state index in [-0.39, 0.29) is 11.1 Å². The molecule has 0 fully saturated rings. The Morgan fingerprint density at radius 2 is 1.79 bits per heavy atom. The van der Waals surface area contributed by atoms with Crippen molar-refractivity contribution in [3.63, 3.8) is 0 Å². The molecule has 0 saturated carbocycles. The number of aromatic nitrogens is 2. The molecule has 2 aromatic carbocycles. The summed E-state index contributed by atoms with van der Waals surface area (Å²) in [6.45, 7) is 0. The zero-order valence-corrected chi connectivity index (χ0v) is 13.5. The fourth-order valence-electron chi connectivity index (χ4n) is 2.04. The third kappa shape index (κ3) is 3.49. The number of hydrogen-bond acceptors (Lipinski definition) is 6. The number of para-hydroxylation sites is 2. The molecule has 0 amide bonds. The van der Waals surface area contributed by atoms with Crippen LogP contribution in [0.1, 0.15) is 15.9 Å². The van der Waals surface area contributed by atoms with E-state index in [0.717, 1.165) is 16.6 Å². The van der Waals surface area contributed by atoms with Gasteiger partial charge in [-0.3, -0.25) is 5.43 Å². The molecule has 6 nitrogen and oxygen atoms in total. The van der Waals surface area contributed by atoms with Crippen LogP contribution in [0.3, 0.4) is 0 Å². The van der Waals surface area contributed by atoms with Crippen LogP contribution in [0.25, 0.3) is 11.0 Å². The summed E-state index contributed by atoms with van der Waals surface area (Å²) in [5.41, 5.74) is 5.50. The minimum absolute atomic E-state index is 0.242. The molecule has 3 rings (SSSR count). The van der Waals surface area contributed by atoms with Crippen molar-refractivity contribution in [1.29, 1.82) is 0 Å². The lowest BCUT2D eigenvalue weighted by molar-refractivity contribution is 0.0600. The van der Waals surface area contributed by atoms with Gasteiger partial charge in [-0.05, 0) is 29.8 Å². The van der Waals surface area contributed by atoms with Crippen LogP contribution in [0.4, 0.5) is 5.82 Å². The quantitative estimate of drug-likeness (QED) is 0.447. The molecule has 0 aliphatic rings. The molecule has 0 aliphatic heterocycles. The zero-order valence-electron chi connectivity index (χ0n) is 12.7. The van der Waals surface area contributed by atoms with Gasteiger partial charge in [0.05, 0.1) is 29.9 Å². The second-order valence-electron chi connectivity index (χ2n) is 4.84. The summed E-state index contributed by atoms with van der Waals surface area (Å²) in [5, 5.41) is 4.34. The SMILES string of the molecule is COC(=O)c1ccc(/C=N/Nc2nc3ccccc3nc2Cl)cc1. The summed E-state index contributed by atoms with van der Waals surface area (Å²) in [6, 6.07) is 14.3. The van der Waals surface area contributed by atoms with Gasteiger partial charge in [-0.1, -0.05) is 35.9 Å². The van der Waals surface area contributed by atoms with Gasteiger partial charge in [0.1, 0.15) is 0 Å². The third-order valence-electron chi connectivity index (χ3n) is 3.24. The average Bonchev–Trinajstić information content (AvgIpc) is 2.62. The van der Waals surface area contributed by atoms with Crippen molar-refractivity contribution in [2.75, 3.05) is 12.5 Å². The van der Waals surface area contributed by atoms with Crippen molar-refractivity contribution in [2.45, 2.75) is 0 Å². The highest BCUT2D eigenvalue weighted by molar-refractivity contribution is 6.32. The minimum atomic E-state index is -0.380. The van der Waals surface area contributed by atoms with Crippen molar-refractivity contribution in [3.8, 4) is 0 Å². The largest absolute Gasteiger partial charge is 0.465 e. The van der Waals surface area contributed by atoms with Crippen LogP contribution in [0, 0.1) is 0 Å². The predicted octanol–water partition coefficient (Wildman–Crippen LogP) is 3.52. The van der Waals surface area contributed by atoms with Crippen LogP contribution in [0.5, 0.6) is 0 Å². The first-order valence-corrected chi connectivity index (χ1v) is 7.45. The van der Waals surface area contributed by atoms with Gasteiger partial charge in [0.2, 0.25) is 0 Å². The lowest BCUT2D eigenvalue weighted by atomic mass is 10.1.